The maximum absolute atomic E-state index is 10.6. The van der Waals surface area contributed by atoms with Gasteiger partial charge in [-0.3, -0.25) is 10.1 Å². The molecule has 0 unspecified atom stereocenters. The van der Waals surface area contributed by atoms with Crippen LogP contribution in [0.5, 0.6) is 0 Å². The first-order chi connectivity index (χ1) is 9.97. The van der Waals surface area contributed by atoms with E-state index in [1.54, 1.807) is 12.1 Å². The first-order valence-electron chi connectivity index (χ1n) is 6.72. The number of benzene rings is 2. The van der Waals surface area contributed by atoms with Gasteiger partial charge in [-0.1, -0.05) is 12.1 Å². The molecule has 2 aromatic rings. The Balaban J connectivity index is 2.04. The van der Waals surface area contributed by atoms with E-state index in [0.29, 0.717) is 6.54 Å². The molecule has 0 spiro atoms. The first-order valence-corrected chi connectivity index (χ1v) is 6.72. The van der Waals surface area contributed by atoms with Crippen molar-refractivity contribution in [2.45, 2.75) is 13.5 Å². The van der Waals surface area contributed by atoms with Crippen LogP contribution in [0.15, 0.2) is 42.5 Å². The summed E-state index contributed by atoms with van der Waals surface area (Å²) >= 11 is 0. The average molecular weight is 285 g/mol. The van der Waals surface area contributed by atoms with Gasteiger partial charge in [-0.25, -0.2) is 0 Å². The van der Waals surface area contributed by atoms with Gasteiger partial charge in [0.25, 0.3) is 5.69 Å². The highest BCUT2D eigenvalue weighted by Crippen LogP contribution is 2.22. The Morgan fingerprint density at radius 2 is 1.81 bits per heavy atom. The molecule has 0 saturated heterocycles. The smallest absolute Gasteiger partial charge is 0.269 e. The molecule has 0 saturated carbocycles. The minimum Gasteiger partial charge on any atom is -0.381 e. The molecule has 0 radical (unpaired) electrons. The Labute approximate surface area is 124 Å². The fraction of sp³-hybridized carbons (Fsp3) is 0.250. The Bertz CT molecular complexity index is 636. The fourth-order valence-corrected chi connectivity index (χ4v) is 2.06. The number of nitrogens with zero attached hydrogens (tertiary/aromatic N) is 2. The van der Waals surface area contributed by atoms with Crippen LogP contribution in [0, 0.1) is 17.0 Å². The fourth-order valence-electron chi connectivity index (χ4n) is 2.06. The molecule has 5 nitrogen and oxygen atoms in total. The summed E-state index contributed by atoms with van der Waals surface area (Å²) in [7, 11) is 4.03. The molecule has 21 heavy (non-hydrogen) atoms. The van der Waals surface area contributed by atoms with E-state index in [1.807, 2.05) is 14.1 Å². The van der Waals surface area contributed by atoms with Gasteiger partial charge in [0, 0.05) is 44.1 Å². The summed E-state index contributed by atoms with van der Waals surface area (Å²) in [6.45, 7) is 2.70. The van der Waals surface area contributed by atoms with E-state index in [2.05, 4.69) is 35.3 Å². The molecule has 2 rings (SSSR count). The van der Waals surface area contributed by atoms with Crippen LogP contribution < -0.4 is 10.2 Å². The highest BCUT2D eigenvalue weighted by atomic mass is 16.6. The van der Waals surface area contributed by atoms with E-state index in [-0.39, 0.29) is 10.6 Å². The number of aryl methyl sites for hydroxylation is 1. The molecule has 0 bridgehead atoms. The van der Waals surface area contributed by atoms with Crippen molar-refractivity contribution in [3.63, 3.8) is 0 Å². The van der Waals surface area contributed by atoms with Crippen molar-refractivity contribution in [3.8, 4) is 0 Å². The van der Waals surface area contributed by atoms with Crippen molar-refractivity contribution >= 4 is 17.1 Å². The normalized spacial score (nSPS) is 10.2. The molecule has 0 aliphatic rings. The molecule has 2 aromatic carbocycles. The Kier molecular flexibility index (Phi) is 4.42. The van der Waals surface area contributed by atoms with Gasteiger partial charge in [0.1, 0.15) is 0 Å². The number of nitro groups is 1. The molecule has 0 amide bonds. The van der Waals surface area contributed by atoms with Crippen LogP contribution in [0.2, 0.25) is 0 Å². The molecule has 0 aliphatic heterocycles. The Morgan fingerprint density at radius 3 is 2.33 bits per heavy atom. The highest BCUT2D eigenvalue weighted by molar-refractivity contribution is 5.59. The second-order valence-corrected chi connectivity index (χ2v) is 5.17. The van der Waals surface area contributed by atoms with Gasteiger partial charge in [-0.2, -0.15) is 0 Å². The van der Waals surface area contributed by atoms with Crippen LogP contribution >= 0.6 is 0 Å². The van der Waals surface area contributed by atoms with Crippen LogP contribution in [0.1, 0.15) is 11.1 Å². The van der Waals surface area contributed by atoms with Crippen molar-refractivity contribution < 1.29 is 4.92 Å². The summed E-state index contributed by atoms with van der Waals surface area (Å²) < 4.78 is 0. The summed E-state index contributed by atoms with van der Waals surface area (Å²) in [6, 6.07) is 12.8. The number of non-ortho nitro benzene ring substituents is 1. The molecule has 1 N–H and O–H groups in total. The van der Waals surface area contributed by atoms with Gasteiger partial charge in [-0.05, 0) is 36.2 Å². The lowest BCUT2D eigenvalue weighted by atomic mass is 10.1. The summed E-state index contributed by atoms with van der Waals surface area (Å²) in [5.74, 6) is 0. The van der Waals surface area contributed by atoms with Crippen LogP contribution in [0.25, 0.3) is 0 Å². The topological polar surface area (TPSA) is 58.4 Å². The SMILES string of the molecule is Cc1cc(N(C)C)ccc1NCc1ccc([N+](=O)[O-])cc1. The standard InChI is InChI=1S/C16H19N3O2/c1-12-10-15(18(2)3)8-9-16(12)17-11-13-4-6-14(7-5-13)19(20)21/h4-10,17H,11H2,1-3H3. The van der Waals surface area contributed by atoms with Gasteiger partial charge in [-0.15, -0.1) is 0 Å². The maximum atomic E-state index is 10.6. The molecular formula is C16H19N3O2. The quantitative estimate of drug-likeness (QED) is 0.674. The van der Waals surface area contributed by atoms with Gasteiger partial charge in [0.05, 0.1) is 4.92 Å². The molecule has 5 heteroatoms. The third-order valence-electron chi connectivity index (χ3n) is 3.36. The van der Waals surface area contributed by atoms with Gasteiger partial charge in [0.15, 0.2) is 0 Å². The number of rotatable bonds is 5. The number of nitrogens with one attached hydrogen (secondary N) is 1. The maximum Gasteiger partial charge on any atom is 0.269 e. The molecule has 0 atom stereocenters. The first kappa shape index (κ1) is 14.8. The number of nitro benzene ring substituents is 1. The zero-order valence-corrected chi connectivity index (χ0v) is 12.5. The van der Waals surface area contributed by atoms with Crippen LogP contribution in [0.4, 0.5) is 17.1 Å². The lowest BCUT2D eigenvalue weighted by Gasteiger charge is -2.16. The second kappa shape index (κ2) is 6.26. The van der Waals surface area contributed by atoms with Gasteiger partial charge >= 0.3 is 0 Å². The van der Waals surface area contributed by atoms with Crippen LogP contribution in [-0.2, 0) is 6.54 Å². The molecule has 0 heterocycles. The Morgan fingerprint density at radius 1 is 1.14 bits per heavy atom. The molecular weight excluding hydrogens is 266 g/mol. The van der Waals surface area contributed by atoms with E-state index in [4.69, 9.17) is 0 Å². The van der Waals surface area contributed by atoms with Crippen molar-refractivity contribution in [1.29, 1.82) is 0 Å². The van der Waals surface area contributed by atoms with Crippen molar-refractivity contribution in [2.24, 2.45) is 0 Å². The summed E-state index contributed by atoms with van der Waals surface area (Å²) in [6.07, 6.45) is 0. The van der Waals surface area contributed by atoms with Gasteiger partial charge in [0.2, 0.25) is 0 Å². The third-order valence-corrected chi connectivity index (χ3v) is 3.36. The van der Waals surface area contributed by atoms with Gasteiger partial charge < -0.3 is 10.2 Å². The molecule has 0 fully saturated rings. The second-order valence-electron chi connectivity index (χ2n) is 5.17. The van der Waals surface area contributed by atoms with Crippen LogP contribution in [-0.4, -0.2) is 19.0 Å². The number of anilines is 2. The zero-order valence-electron chi connectivity index (χ0n) is 12.5. The average Bonchev–Trinajstić information content (AvgIpc) is 2.46. The predicted octanol–water partition coefficient (Wildman–Crippen LogP) is 3.58. The molecule has 110 valence electrons. The minimum absolute atomic E-state index is 0.116. The van der Waals surface area contributed by atoms with Crippen molar-refractivity contribution in [3.05, 3.63) is 63.7 Å². The number of hydrogen-bond donors (Lipinski definition) is 1. The van der Waals surface area contributed by atoms with E-state index < -0.39 is 0 Å². The van der Waals surface area contributed by atoms with Crippen molar-refractivity contribution in [1.82, 2.24) is 0 Å². The van der Waals surface area contributed by atoms with E-state index in [0.717, 1.165) is 16.9 Å². The summed E-state index contributed by atoms with van der Waals surface area (Å²) in [5, 5.41) is 14.0. The predicted molar refractivity (Wildman–Crippen MR) is 85.9 cm³/mol. The molecule has 0 aliphatic carbocycles. The zero-order chi connectivity index (χ0) is 15.4. The van der Waals surface area contributed by atoms with Crippen molar-refractivity contribution in [2.75, 3.05) is 24.3 Å². The number of hydrogen-bond acceptors (Lipinski definition) is 4. The van der Waals surface area contributed by atoms with Crippen LogP contribution in [0.3, 0.4) is 0 Å². The highest BCUT2D eigenvalue weighted by Gasteiger charge is 2.05. The minimum atomic E-state index is -0.388. The van der Waals surface area contributed by atoms with E-state index in [1.165, 1.54) is 17.7 Å². The lowest BCUT2D eigenvalue weighted by Crippen LogP contribution is -2.09. The molecule has 0 aromatic heterocycles. The third kappa shape index (κ3) is 3.72. The lowest BCUT2D eigenvalue weighted by molar-refractivity contribution is -0.384. The summed E-state index contributed by atoms with van der Waals surface area (Å²) in [5.41, 5.74) is 4.53. The van der Waals surface area contributed by atoms with E-state index in [9.17, 15) is 10.1 Å². The largest absolute Gasteiger partial charge is 0.381 e. The monoisotopic (exact) mass is 285 g/mol. The summed E-state index contributed by atoms with van der Waals surface area (Å²) in [4.78, 5) is 12.3. The Hall–Kier alpha value is -2.56. The van der Waals surface area contributed by atoms with E-state index >= 15 is 0 Å².